The molecule has 2 aromatic carbocycles. The van der Waals surface area contributed by atoms with Crippen molar-refractivity contribution >= 4 is 22.6 Å². The van der Waals surface area contributed by atoms with Crippen LogP contribution in [0.4, 0.5) is 5.69 Å². The van der Waals surface area contributed by atoms with Crippen LogP contribution in [0.5, 0.6) is 0 Å². The second-order valence-electron chi connectivity index (χ2n) is 12.2. The Labute approximate surface area is 273 Å². The van der Waals surface area contributed by atoms with Gasteiger partial charge in [-0.25, -0.2) is 14.4 Å². The Kier molecular flexibility index (Phi) is 12.4. The van der Waals surface area contributed by atoms with Gasteiger partial charge in [-0.1, -0.05) is 31.2 Å². The molecule has 1 aliphatic carbocycles. The minimum Gasteiger partial charge on any atom is -0.456 e. The molecular formula is C38H51N2O6+. The van der Waals surface area contributed by atoms with Crippen LogP contribution in [0.15, 0.2) is 65.1 Å². The molecule has 0 bridgehead atoms. The summed E-state index contributed by atoms with van der Waals surface area (Å²) in [6.45, 7) is 18.3. The summed E-state index contributed by atoms with van der Waals surface area (Å²) in [6, 6.07) is 21.2. The number of anilines is 1. The second kappa shape index (κ2) is 16.2. The van der Waals surface area contributed by atoms with Gasteiger partial charge in [-0.3, -0.25) is 4.79 Å². The summed E-state index contributed by atoms with van der Waals surface area (Å²) < 4.78 is 14.1. The summed E-state index contributed by atoms with van der Waals surface area (Å²) in [5.41, 5.74) is 5.48. The number of esters is 1. The third-order valence-corrected chi connectivity index (χ3v) is 8.89. The van der Waals surface area contributed by atoms with Gasteiger partial charge in [0.2, 0.25) is 11.6 Å². The van der Waals surface area contributed by atoms with Crippen LogP contribution in [0, 0.1) is 5.41 Å². The Morgan fingerprint density at radius 1 is 0.935 bits per heavy atom. The van der Waals surface area contributed by atoms with Crippen molar-refractivity contribution in [1.82, 2.24) is 4.58 Å². The van der Waals surface area contributed by atoms with Crippen molar-refractivity contribution in [2.75, 3.05) is 37.7 Å². The van der Waals surface area contributed by atoms with Gasteiger partial charge < -0.3 is 19.2 Å². The normalized spacial score (nSPS) is 12.4. The molecule has 0 spiro atoms. The van der Waals surface area contributed by atoms with Crippen molar-refractivity contribution in [1.29, 1.82) is 0 Å². The number of hydrogen-bond acceptors (Lipinski definition) is 7. The average Bonchev–Trinajstić information content (AvgIpc) is 3.06. The molecule has 0 fully saturated rings. The van der Waals surface area contributed by atoms with Crippen LogP contribution in [-0.4, -0.2) is 50.2 Å². The summed E-state index contributed by atoms with van der Waals surface area (Å²) >= 11 is 0. The Bertz CT molecular complexity index is 1630. The molecule has 8 nitrogen and oxygen atoms in total. The molecule has 1 unspecified atom stereocenters. The lowest BCUT2D eigenvalue weighted by atomic mass is 9.91. The highest BCUT2D eigenvalue weighted by Gasteiger charge is 2.29. The number of aliphatic hydroxyl groups excluding tert-OH is 1. The lowest BCUT2D eigenvalue weighted by Gasteiger charge is -2.23. The first-order chi connectivity index (χ1) is 22.2. The quantitative estimate of drug-likeness (QED) is 0.0263. The maximum Gasteiger partial charge on any atom is 0.313 e. The number of ether oxygens (including phenoxy) is 1. The second-order valence-corrected chi connectivity index (χ2v) is 12.2. The smallest absolute Gasteiger partial charge is 0.313 e. The molecular weight excluding hydrogens is 580 g/mol. The number of carbonyl (C=O) groups excluding carboxylic acids is 1. The first kappa shape index (κ1) is 35.1. The van der Waals surface area contributed by atoms with Crippen molar-refractivity contribution in [3.63, 3.8) is 0 Å². The molecule has 0 saturated heterocycles. The number of nitrogens with zero attached hydrogens (tertiary/aromatic N) is 2. The lowest BCUT2D eigenvalue weighted by Crippen LogP contribution is -2.30. The van der Waals surface area contributed by atoms with Gasteiger partial charge in [-0.2, -0.15) is 0 Å². The van der Waals surface area contributed by atoms with E-state index in [0.29, 0.717) is 12.8 Å². The third kappa shape index (κ3) is 8.16. The Hall–Kier alpha value is -3.72. The molecule has 2 aromatic rings. The molecule has 1 aliphatic heterocycles. The monoisotopic (exact) mass is 631 g/mol. The lowest BCUT2D eigenvalue weighted by molar-refractivity contribution is -0.305. The fourth-order valence-corrected chi connectivity index (χ4v) is 5.59. The topological polar surface area (TPSA) is 84.4 Å². The van der Waals surface area contributed by atoms with Gasteiger partial charge >= 0.3 is 5.97 Å². The summed E-state index contributed by atoms with van der Waals surface area (Å²) in [4.78, 5) is 25.7. The number of benzene rings is 3. The molecule has 4 rings (SSSR count). The maximum atomic E-state index is 12.2. The predicted molar refractivity (Wildman–Crippen MR) is 184 cm³/mol. The molecule has 8 heteroatoms. The predicted octanol–water partition coefficient (Wildman–Crippen LogP) is 7.39. The van der Waals surface area contributed by atoms with Crippen molar-refractivity contribution in [2.45, 2.75) is 80.6 Å². The van der Waals surface area contributed by atoms with E-state index in [4.69, 9.17) is 18.9 Å². The number of fused-ring (bicyclic) bond motifs is 2. The van der Waals surface area contributed by atoms with Gasteiger partial charge in [0.1, 0.15) is 31.0 Å². The number of rotatable bonds is 16. The van der Waals surface area contributed by atoms with E-state index in [0.717, 1.165) is 76.2 Å². The zero-order valence-corrected chi connectivity index (χ0v) is 28.6. The van der Waals surface area contributed by atoms with E-state index in [1.807, 2.05) is 25.1 Å². The highest BCUT2D eigenvalue weighted by Crippen LogP contribution is 2.42. The van der Waals surface area contributed by atoms with E-state index < -0.39 is 17.7 Å². The van der Waals surface area contributed by atoms with Gasteiger partial charge in [0.15, 0.2) is 0 Å². The van der Waals surface area contributed by atoms with Gasteiger partial charge in [-0.05, 0) is 83.7 Å². The zero-order chi connectivity index (χ0) is 33.3. The van der Waals surface area contributed by atoms with Crippen LogP contribution < -0.4 is 14.8 Å². The molecule has 46 heavy (non-hydrogen) atoms. The molecule has 0 saturated carbocycles. The van der Waals surface area contributed by atoms with Crippen molar-refractivity contribution in [3.8, 4) is 22.5 Å². The van der Waals surface area contributed by atoms with Crippen molar-refractivity contribution in [2.24, 2.45) is 5.41 Å². The van der Waals surface area contributed by atoms with Gasteiger partial charge in [-0.15, -0.1) is 0 Å². The van der Waals surface area contributed by atoms with E-state index in [2.05, 4.69) is 79.6 Å². The van der Waals surface area contributed by atoms with Crippen LogP contribution in [-0.2, 0) is 25.9 Å². The average molecular weight is 632 g/mol. The molecule has 0 aromatic heterocycles. The Morgan fingerprint density at radius 3 is 2.37 bits per heavy atom. The number of carbonyl (C=O) groups is 1. The van der Waals surface area contributed by atoms with Gasteiger partial charge in [0, 0.05) is 53.8 Å². The van der Waals surface area contributed by atoms with Crippen LogP contribution in [0.25, 0.3) is 33.4 Å². The van der Waals surface area contributed by atoms with Gasteiger partial charge in [0.05, 0.1) is 18.1 Å². The molecule has 248 valence electrons. The molecule has 0 amide bonds. The summed E-state index contributed by atoms with van der Waals surface area (Å²) in [7, 11) is 0. The van der Waals surface area contributed by atoms with Crippen LogP contribution in [0.3, 0.4) is 0 Å². The first-order valence-corrected chi connectivity index (χ1v) is 16.7. The fourth-order valence-electron chi connectivity index (χ4n) is 5.59. The third-order valence-electron chi connectivity index (χ3n) is 8.89. The summed E-state index contributed by atoms with van der Waals surface area (Å²) in [5.74, 6) is 0.427. The number of aliphatic hydroxyl groups is 1. The molecule has 1 heterocycles. The van der Waals surface area contributed by atoms with E-state index >= 15 is 0 Å². The zero-order valence-electron chi connectivity index (χ0n) is 28.6. The van der Waals surface area contributed by atoms with E-state index in [1.54, 1.807) is 13.8 Å². The molecule has 1 atom stereocenters. The maximum absolute atomic E-state index is 12.2. The van der Waals surface area contributed by atoms with Crippen LogP contribution >= 0.6 is 0 Å². The fraction of sp³-hybridized carbons (Fsp3) is 0.474. The van der Waals surface area contributed by atoms with Gasteiger partial charge in [0.25, 0.3) is 0 Å². The Balaban J connectivity index is 1.60. The van der Waals surface area contributed by atoms with E-state index in [1.165, 1.54) is 0 Å². The van der Waals surface area contributed by atoms with E-state index in [9.17, 15) is 9.90 Å². The minimum absolute atomic E-state index is 0.239. The largest absolute Gasteiger partial charge is 0.456 e. The summed E-state index contributed by atoms with van der Waals surface area (Å²) in [6.07, 6.45) is 0.205. The van der Waals surface area contributed by atoms with Crippen LogP contribution in [0.2, 0.25) is 0 Å². The van der Waals surface area contributed by atoms with Crippen molar-refractivity contribution in [3.05, 3.63) is 71.6 Å². The van der Waals surface area contributed by atoms with Crippen LogP contribution in [0.1, 0.15) is 73.3 Å². The SMILES string of the molecule is CCN(CC)c1ccc2c(-c3ccccc3COOCCCC(O)OC(=O)C(C)(C)CC)c3ccc(=[N+](CC)CC)cc-3oc2c1. The first-order valence-electron chi connectivity index (χ1n) is 16.7. The Morgan fingerprint density at radius 2 is 1.67 bits per heavy atom. The number of hydrogen-bond donors (Lipinski definition) is 1. The molecule has 2 aliphatic rings. The van der Waals surface area contributed by atoms with Crippen molar-refractivity contribution < 1.29 is 28.8 Å². The highest BCUT2D eigenvalue weighted by atomic mass is 17.2. The molecule has 0 radical (unpaired) electrons. The standard InChI is InChI=1S/C38H51N2O6/c1-8-38(6,7)37(42)46-35(41)18-15-23-43-44-26-27-16-13-14-17-30(27)36-31-21-19-28(39(9-2)10-3)24-33(31)45-34-25-29(20-22-32(34)36)40(11-4)12-5/h13-14,16-17,19-22,24-25,35,41H,8-12,15,18,23,26H2,1-7H3/q+1. The molecule has 1 N–H and O–H groups in total. The van der Waals surface area contributed by atoms with E-state index in [-0.39, 0.29) is 19.6 Å². The summed E-state index contributed by atoms with van der Waals surface area (Å²) in [5, 5.41) is 12.3. The minimum atomic E-state index is -1.17. The highest BCUT2D eigenvalue weighted by molar-refractivity contribution is 6.03.